The summed E-state index contributed by atoms with van der Waals surface area (Å²) in [5, 5.41) is 4.07. The molecule has 0 fully saturated rings. The summed E-state index contributed by atoms with van der Waals surface area (Å²) < 4.78 is 6.17. The van der Waals surface area contributed by atoms with Gasteiger partial charge in [-0.1, -0.05) is 35.9 Å². The lowest BCUT2D eigenvalue weighted by atomic mass is 10.2. The van der Waals surface area contributed by atoms with Gasteiger partial charge in [0.1, 0.15) is 10.6 Å². The van der Waals surface area contributed by atoms with Gasteiger partial charge in [-0.25, -0.2) is 0 Å². The average Bonchev–Trinajstić information content (AvgIpc) is 2.91. The highest BCUT2D eigenvalue weighted by atomic mass is 35.5. The van der Waals surface area contributed by atoms with Crippen LogP contribution in [0.3, 0.4) is 0 Å². The Balaban J connectivity index is 1.80. The van der Waals surface area contributed by atoms with Crippen molar-refractivity contribution in [3.63, 3.8) is 0 Å². The lowest BCUT2D eigenvalue weighted by molar-refractivity contribution is -0.119. The summed E-state index contributed by atoms with van der Waals surface area (Å²) in [6, 6.07) is 14.3. The molecule has 24 heavy (non-hydrogen) atoms. The van der Waals surface area contributed by atoms with E-state index in [9.17, 15) is 9.59 Å². The van der Waals surface area contributed by atoms with Crippen molar-refractivity contribution in [3.05, 3.63) is 58.4 Å². The molecule has 0 saturated carbocycles. The Labute approximate surface area is 147 Å². The van der Waals surface area contributed by atoms with Crippen molar-refractivity contribution in [1.82, 2.24) is 0 Å². The number of nitrogens with two attached hydrogens (primary N) is 1. The molecule has 0 unspecified atom stereocenters. The van der Waals surface area contributed by atoms with Crippen molar-refractivity contribution in [3.8, 4) is 5.75 Å². The molecule has 7 heteroatoms. The third kappa shape index (κ3) is 3.50. The average molecular weight is 361 g/mol. The minimum Gasteiger partial charge on any atom is -0.484 e. The van der Waals surface area contributed by atoms with Gasteiger partial charge in [-0.3, -0.25) is 9.59 Å². The van der Waals surface area contributed by atoms with Crippen LogP contribution in [-0.2, 0) is 4.79 Å². The molecule has 1 aromatic heterocycles. The van der Waals surface area contributed by atoms with Crippen LogP contribution in [0.25, 0.3) is 10.1 Å². The molecule has 0 aliphatic carbocycles. The smallest absolute Gasteiger partial charge is 0.267 e. The third-order valence-electron chi connectivity index (χ3n) is 3.21. The van der Waals surface area contributed by atoms with Crippen LogP contribution in [-0.4, -0.2) is 18.4 Å². The Bertz CT molecular complexity index is 923. The van der Waals surface area contributed by atoms with E-state index < -0.39 is 5.91 Å². The Morgan fingerprint density at radius 1 is 1.17 bits per heavy atom. The van der Waals surface area contributed by atoms with Crippen LogP contribution in [0.5, 0.6) is 5.75 Å². The van der Waals surface area contributed by atoms with Crippen molar-refractivity contribution < 1.29 is 14.3 Å². The third-order valence-corrected chi connectivity index (χ3v) is 4.89. The highest BCUT2D eigenvalue weighted by molar-refractivity contribution is 7.21. The van der Waals surface area contributed by atoms with Gasteiger partial charge in [0.05, 0.1) is 5.02 Å². The van der Waals surface area contributed by atoms with Crippen LogP contribution >= 0.6 is 22.9 Å². The number of anilines is 1. The number of thiophene rings is 1. The van der Waals surface area contributed by atoms with E-state index in [2.05, 4.69) is 5.32 Å². The summed E-state index contributed by atoms with van der Waals surface area (Å²) in [4.78, 5) is 23.7. The first-order valence-electron chi connectivity index (χ1n) is 7.04. The molecule has 122 valence electrons. The molecule has 3 N–H and O–H groups in total. The Kier molecular flexibility index (Phi) is 4.69. The number of nitrogens with one attached hydrogen (secondary N) is 1. The standard InChI is InChI=1S/C17H13ClN2O3S/c18-15-12-6-1-2-7-13(12)24-16(15)17(22)20-10-4-3-5-11(8-10)23-9-14(19)21/h1-8H,9H2,(H2,19,21)(H,20,22). The van der Waals surface area contributed by atoms with E-state index in [-0.39, 0.29) is 12.5 Å². The topological polar surface area (TPSA) is 81.4 Å². The second kappa shape index (κ2) is 6.90. The van der Waals surface area contributed by atoms with Gasteiger partial charge in [0.15, 0.2) is 6.61 Å². The molecule has 0 aliphatic heterocycles. The van der Waals surface area contributed by atoms with Crippen LogP contribution in [0, 0.1) is 0 Å². The molecule has 3 aromatic rings. The summed E-state index contributed by atoms with van der Waals surface area (Å²) in [6.45, 7) is -0.223. The second-order valence-corrected chi connectivity index (χ2v) is 6.41. The first-order chi connectivity index (χ1) is 11.5. The molecule has 0 aliphatic rings. The first-order valence-corrected chi connectivity index (χ1v) is 8.23. The second-order valence-electron chi connectivity index (χ2n) is 4.98. The maximum absolute atomic E-state index is 12.5. The predicted molar refractivity (Wildman–Crippen MR) is 95.9 cm³/mol. The van der Waals surface area contributed by atoms with E-state index >= 15 is 0 Å². The van der Waals surface area contributed by atoms with Crippen LogP contribution in [0.1, 0.15) is 9.67 Å². The van der Waals surface area contributed by atoms with Crippen molar-refractivity contribution in [1.29, 1.82) is 0 Å². The van der Waals surface area contributed by atoms with E-state index in [0.717, 1.165) is 10.1 Å². The quantitative estimate of drug-likeness (QED) is 0.728. The molecule has 5 nitrogen and oxygen atoms in total. The number of primary amides is 1. The Hall–Kier alpha value is -2.57. The number of amides is 2. The van der Waals surface area contributed by atoms with E-state index in [1.165, 1.54) is 11.3 Å². The minimum atomic E-state index is -0.568. The van der Waals surface area contributed by atoms with Crippen molar-refractivity contribution in [2.24, 2.45) is 5.73 Å². The molecule has 1 heterocycles. The van der Waals surface area contributed by atoms with Crippen molar-refractivity contribution in [2.45, 2.75) is 0 Å². The zero-order valence-electron chi connectivity index (χ0n) is 12.4. The molecule has 3 rings (SSSR count). The van der Waals surface area contributed by atoms with Gasteiger partial charge >= 0.3 is 0 Å². The molecule has 0 spiro atoms. The highest BCUT2D eigenvalue weighted by Gasteiger charge is 2.17. The normalized spacial score (nSPS) is 10.5. The van der Waals surface area contributed by atoms with Gasteiger partial charge in [-0.05, 0) is 18.2 Å². The zero-order valence-corrected chi connectivity index (χ0v) is 14.0. The number of hydrogen-bond donors (Lipinski definition) is 2. The highest BCUT2D eigenvalue weighted by Crippen LogP contribution is 2.35. The van der Waals surface area contributed by atoms with Crippen LogP contribution in [0.4, 0.5) is 5.69 Å². The van der Waals surface area contributed by atoms with E-state index in [1.807, 2.05) is 24.3 Å². The predicted octanol–water partition coefficient (Wildman–Crippen LogP) is 3.67. The Morgan fingerprint density at radius 2 is 1.96 bits per heavy atom. The molecular formula is C17H13ClN2O3S. The van der Waals surface area contributed by atoms with E-state index in [4.69, 9.17) is 22.1 Å². The molecule has 0 atom stereocenters. The monoisotopic (exact) mass is 360 g/mol. The van der Waals surface area contributed by atoms with Gasteiger partial charge < -0.3 is 15.8 Å². The number of rotatable bonds is 5. The summed E-state index contributed by atoms with van der Waals surface area (Å²) in [7, 11) is 0. The summed E-state index contributed by atoms with van der Waals surface area (Å²) in [6.07, 6.45) is 0. The number of benzene rings is 2. The number of fused-ring (bicyclic) bond motifs is 1. The number of ether oxygens (including phenoxy) is 1. The van der Waals surface area contributed by atoms with Gasteiger partial charge in [0.25, 0.3) is 11.8 Å². The molecule has 0 radical (unpaired) electrons. The zero-order chi connectivity index (χ0) is 17.1. The van der Waals surface area contributed by atoms with Gasteiger partial charge in [-0.2, -0.15) is 0 Å². The minimum absolute atomic E-state index is 0.223. The number of carbonyl (C=O) groups is 2. The number of halogens is 1. The number of carbonyl (C=O) groups excluding carboxylic acids is 2. The molecule has 0 saturated heterocycles. The molecule has 0 bridgehead atoms. The van der Waals surface area contributed by atoms with Crippen LogP contribution in [0.2, 0.25) is 5.02 Å². The van der Waals surface area contributed by atoms with Crippen LogP contribution < -0.4 is 15.8 Å². The summed E-state index contributed by atoms with van der Waals surface area (Å²) >= 11 is 7.64. The first kappa shape index (κ1) is 16.3. The maximum Gasteiger partial charge on any atom is 0.267 e. The summed E-state index contributed by atoms with van der Waals surface area (Å²) in [5.41, 5.74) is 5.58. The molecule has 2 amide bonds. The SMILES string of the molecule is NC(=O)COc1cccc(NC(=O)c2sc3ccccc3c2Cl)c1. The van der Waals surface area contributed by atoms with E-state index in [0.29, 0.717) is 21.3 Å². The summed E-state index contributed by atoms with van der Waals surface area (Å²) in [5.74, 6) is -0.427. The fraction of sp³-hybridized carbons (Fsp3) is 0.0588. The van der Waals surface area contributed by atoms with Gasteiger partial charge in [-0.15, -0.1) is 11.3 Å². The van der Waals surface area contributed by atoms with Crippen molar-refractivity contribution >= 4 is 50.5 Å². The molecule has 2 aromatic carbocycles. The van der Waals surface area contributed by atoms with Gasteiger partial charge in [0.2, 0.25) is 0 Å². The lowest BCUT2D eigenvalue weighted by Gasteiger charge is -2.07. The van der Waals surface area contributed by atoms with Gasteiger partial charge in [0, 0.05) is 21.8 Å². The maximum atomic E-state index is 12.5. The molecular weight excluding hydrogens is 348 g/mol. The largest absolute Gasteiger partial charge is 0.484 e. The van der Waals surface area contributed by atoms with Crippen LogP contribution in [0.15, 0.2) is 48.5 Å². The van der Waals surface area contributed by atoms with Crippen molar-refractivity contribution in [2.75, 3.05) is 11.9 Å². The fourth-order valence-electron chi connectivity index (χ4n) is 2.17. The Morgan fingerprint density at radius 3 is 2.71 bits per heavy atom. The number of hydrogen-bond acceptors (Lipinski definition) is 4. The lowest BCUT2D eigenvalue weighted by Crippen LogP contribution is -2.20. The van der Waals surface area contributed by atoms with E-state index in [1.54, 1.807) is 24.3 Å². The fourth-order valence-corrected chi connectivity index (χ4v) is 3.58.